The summed E-state index contributed by atoms with van der Waals surface area (Å²) in [7, 11) is 3.13. The van der Waals surface area contributed by atoms with E-state index in [1.807, 2.05) is 18.2 Å². The molecule has 2 amide bonds. The fourth-order valence-electron chi connectivity index (χ4n) is 2.08. The zero-order chi connectivity index (χ0) is 17.4. The van der Waals surface area contributed by atoms with E-state index in [4.69, 9.17) is 9.47 Å². The first-order valence-electron chi connectivity index (χ1n) is 7.44. The smallest absolute Gasteiger partial charge is 0.251 e. The van der Waals surface area contributed by atoms with Crippen LogP contribution < -0.4 is 20.1 Å². The molecular weight excluding hydrogens is 308 g/mol. The Morgan fingerprint density at radius 1 is 0.917 bits per heavy atom. The summed E-state index contributed by atoms with van der Waals surface area (Å²) in [6.07, 6.45) is 0. The van der Waals surface area contributed by atoms with Crippen LogP contribution in [-0.4, -0.2) is 32.6 Å². The number of rotatable bonds is 7. The van der Waals surface area contributed by atoms with E-state index in [9.17, 15) is 9.59 Å². The molecule has 0 fully saturated rings. The summed E-state index contributed by atoms with van der Waals surface area (Å²) in [6.45, 7) is 0.225. The Morgan fingerprint density at radius 2 is 1.54 bits per heavy atom. The zero-order valence-electron chi connectivity index (χ0n) is 13.7. The van der Waals surface area contributed by atoms with E-state index in [2.05, 4.69) is 10.6 Å². The summed E-state index contributed by atoms with van der Waals surface area (Å²) in [6, 6.07) is 14.1. The molecule has 6 nitrogen and oxygen atoms in total. The lowest BCUT2D eigenvalue weighted by Gasteiger charge is -2.10. The predicted molar refractivity (Wildman–Crippen MR) is 90.2 cm³/mol. The lowest BCUT2D eigenvalue weighted by Crippen LogP contribution is -2.36. The Morgan fingerprint density at radius 3 is 2.12 bits per heavy atom. The number of methoxy groups -OCH3 is 2. The summed E-state index contributed by atoms with van der Waals surface area (Å²) >= 11 is 0. The average molecular weight is 328 g/mol. The van der Waals surface area contributed by atoms with Gasteiger partial charge in [-0.25, -0.2) is 0 Å². The van der Waals surface area contributed by atoms with Gasteiger partial charge in [0, 0.05) is 18.2 Å². The van der Waals surface area contributed by atoms with E-state index in [1.165, 1.54) is 0 Å². The molecule has 0 aliphatic carbocycles. The molecule has 2 aromatic rings. The summed E-state index contributed by atoms with van der Waals surface area (Å²) in [4.78, 5) is 23.7. The molecule has 0 heterocycles. The third-order valence-electron chi connectivity index (χ3n) is 3.35. The number of carbonyl (C=O) groups excluding carboxylic acids is 2. The van der Waals surface area contributed by atoms with E-state index >= 15 is 0 Å². The molecule has 2 N–H and O–H groups in total. The summed E-state index contributed by atoms with van der Waals surface area (Å²) in [5.41, 5.74) is 1.36. The van der Waals surface area contributed by atoms with Crippen molar-refractivity contribution in [2.75, 3.05) is 20.8 Å². The third-order valence-corrected chi connectivity index (χ3v) is 3.35. The van der Waals surface area contributed by atoms with Crippen molar-refractivity contribution in [2.24, 2.45) is 0 Å². The molecular formula is C18H20N2O4. The fraction of sp³-hybridized carbons (Fsp3) is 0.222. The molecule has 0 radical (unpaired) electrons. The van der Waals surface area contributed by atoms with E-state index in [1.54, 1.807) is 44.6 Å². The van der Waals surface area contributed by atoms with Crippen molar-refractivity contribution in [1.82, 2.24) is 10.6 Å². The van der Waals surface area contributed by atoms with Crippen LogP contribution in [0.1, 0.15) is 15.9 Å². The van der Waals surface area contributed by atoms with Gasteiger partial charge in [0.15, 0.2) is 0 Å². The van der Waals surface area contributed by atoms with Crippen molar-refractivity contribution in [1.29, 1.82) is 0 Å². The topological polar surface area (TPSA) is 76.7 Å². The molecule has 0 bridgehead atoms. The normalized spacial score (nSPS) is 9.92. The summed E-state index contributed by atoms with van der Waals surface area (Å²) in [5.74, 6) is 0.738. The minimum Gasteiger partial charge on any atom is -0.497 e. The van der Waals surface area contributed by atoms with Gasteiger partial charge in [0.25, 0.3) is 5.91 Å². The van der Waals surface area contributed by atoms with E-state index in [0.29, 0.717) is 23.6 Å². The van der Waals surface area contributed by atoms with E-state index < -0.39 is 0 Å². The number of benzene rings is 2. The Balaban J connectivity index is 1.84. The first kappa shape index (κ1) is 17.3. The second kappa shape index (κ2) is 8.57. The van der Waals surface area contributed by atoms with Gasteiger partial charge in [-0.3, -0.25) is 9.59 Å². The van der Waals surface area contributed by atoms with Crippen LogP contribution in [0.25, 0.3) is 0 Å². The lowest BCUT2D eigenvalue weighted by atomic mass is 10.2. The van der Waals surface area contributed by atoms with Crippen molar-refractivity contribution < 1.29 is 19.1 Å². The molecule has 0 aromatic heterocycles. The molecule has 0 saturated carbocycles. The van der Waals surface area contributed by atoms with Gasteiger partial charge in [-0.2, -0.15) is 0 Å². The standard InChI is InChI=1S/C18H20N2O4/c1-23-15-8-13(9-16(10-15)24-2)11-19-17(21)12-20-18(22)14-6-4-3-5-7-14/h3-10H,11-12H2,1-2H3,(H,19,21)(H,20,22). The predicted octanol–water partition coefficient (Wildman–Crippen LogP) is 1.75. The number of ether oxygens (including phenoxy) is 2. The first-order valence-corrected chi connectivity index (χ1v) is 7.44. The van der Waals surface area contributed by atoms with Crippen LogP contribution in [0.5, 0.6) is 11.5 Å². The maximum atomic E-state index is 11.9. The van der Waals surface area contributed by atoms with Crippen LogP contribution in [0.15, 0.2) is 48.5 Å². The van der Waals surface area contributed by atoms with Crippen molar-refractivity contribution in [3.05, 3.63) is 59.7 Å². The number of hydrogen-bond acceptors (Lipinski definition) is 4. The highest BCUT2D eigenvalue weighted by molar-refractivity contribution is 5.96. The quantitative estimate of drug-likeness (QED) is 0.812. The third kappa shape index (κ3) is 5.01. The first-order chi connectivity index (χ1) is 11.6. The number of amides is 2. The molecule has 0 spiro atoms. The minimum atomic E-state index is -0.284. The van der Waals surface area contributed by atoms with Crippen molar-refractivity contribution in [3.63, 3.8) is 0 Å². The zero-order valence-corrected chi connectivity index (χ0v) is 13.7. The van der Waals surface area contributed by atoms with Gasteiger partial charge in [-0.1, -0.05) is 18.2 Å². The van der Waals surface area contributed by atoms with Crippen molar-refractivity contribution >= 4 is 11.8 Å². The second-order valence-corrected chi connectivity index (χ2v) is 5.05. The lowest BCUT2D eigenvalue weighted by molar-refractivity contribution is -0.120. The maximum absolute atomic E-state index is 11.9. The fourth-order valence-corrected chi connectivity index (χ4v) is 2.08. The van der Waals surface area contributed by atoms with Gasteiger partial charge in [0.2, 0.25) is 5.91 Å². The van der Waals surface area contributed by atoms with E-state index in [0.717, 1.165) is 5.56 Å². The Hall–Kier alpha value is -3.02. The van der Waals surface area contributed by atoms with Crippen LogP contribution in [-0.2, 0) is 11.3 Å². The van der Waals surface area contributed by atoms with Gasteiger partial charge in [0.05, 0.1) is 20.8 Å². The molecule has 6 heteroatoms. The average Bonchev–Trinajstić information content (AvgIpc) is 2.64. The molecule has 2 aromatic carbocycles. The van der Waals surface area contributed by atoms with Crippen LogP contribution in [0.3, 0.4) is 0 Å². The minimum absolute atomic E-state index is 0.0885. The summed E-state index contributed by atoms with van der Waals surface area (Å²) in [5, 5.41) is 5.32. The summed E-state index contributed by atoms with van der Waals surface area (Å²) < 4.78 is 10.4. The van der Waals surface area contributed by atoms with Gasteiger partial charge in [-0.05, 0) is 29.8 Å². The van der Waals surface area contributed by atoms with E-state index in [-0.39, 0.29) is 18.4 Å². The van der Waals surface area contributed by atoms with Crippen LogP contribution in [0, 0.1) is 0 Å². The highest BCUT2D eigenvalue weighted by atomic mass is 16.5. The van der Waals surface area contributed by atoms with Crippen molar-refractivity contribution in [2.45, 2.75) is 6.54 Å². The molecule has 24 heavy (non-hydrogen) atoms. The number of nitrogens with one attached hydrogen (secondary N) is 2. The SMILES string of the molecule is COc1cc(CNC(=O)CNC(=O)c2ccccc2)cc(OC)c1. The number of carbonyl (C=O) groups is 2. The Bertz CT molecular complexity index is 679. The van der Waals surface area contributed by atoms with Crippen LogP contribution in [0.2, 0.25) is 0 Å². The number of hydrogen-bond donors (Lipinski definition) is 2. The van der Waals surface area contributed by atoms with Gasteiger partial charge in [-0.15, -0.1) is 0 Å². The molecule has 126 valence electrons. The Labute approximate surface area is 140 Å². The molecule has 2 rings (SSSR count). The molecule has 0 saturated heterocycles. The molecule has 0 unspecified atom stereocenters. The Kier molecular flexibility index (Phi) is 6.19. The van der Waals surface area contributed by atoms with Gasteiger partial charge >= 0.3 is 0 Å². The second-order valence-electron chi connectivity index (χ2n) is 5.05. The highest BCUT2D eigenvalue weighted by Gasteiger charge is 2.08. The molecule has 0 aliphatic heterocycles. The molecule has 0 aliphatic rings. The largest absolute Gasteiger partial charge is 0.497 e. The molecule has 0 atom stereocenters. The van der Waals surface area contributed by atoms with Crippen LogP contribution >= 0.6 is 0 Å². The maximum Gasteiger partial charge on any atom is 0.251 e. The van der Waals surface area contributed by atoms with Crippen LogP contribution in [0.4, 0.5) is 0 Å². The van der Waals surface area contributed by atoms with Crippen molar-refractivity contribution in [3.8, 4) is 11.5 Å². The van der Waals surface area contributed by atoms with Gasteiger partial charge < -0.3 is 20.1 Å². The highest BCUT2D eigenvalue weighted by Crippen LogP contribution is 2.22. The monoisotopic (exact) mass is 328 g/mol. The van der Waals surface area contributed by atoms with Gasteiger partial charge in [0.1, 0.15) is 11.5 Å².